The molecular weight excluding hydrogens is 317 g/mol. The maximum atomic E-state index is 14.8. The Morgan fingerprint density at radius 3 is 2.21 bits per heavy atom. The summed E-state index contributed by atoms with van der Waals surface area (Å²) in [7, 11) is 1.23. The summed E-state index contributed by atoms with van der Waals surface area (Å²) in [5.74, 6) is -2.87. The molecule has 3 aromatic carbocycles. The van der Waals surface area contributed by atoms with Gasteiger partial charge < -0.3 is 9.47 Å². The van der Waals surface area contributed by atoms with Crippen molar-refractivity contribution < 1.29 is 22.6 Å². The first-order chi connectivity index (χ1) is 11.6. The van der Waals surface area contributed by atoms with Crippen molar-refractivity contribution in [2.24, 2.45) is 0 Å². The maximum absolute atomic E-state index is 14.8. The molecule has 0 saturated carbocycles. The molecular formula is C19H15F3O2. The van der Waals surface area contributed by atoms with Gasteiger partial charge in [-0.3, -0.25) is 0 Å². The van der Waals surface area contributed by atoms with E-state index >= 15 is 0 Å². The van der Waals surface area contributed by atoms with Crippen molar-refractivity contribution in [2.45, 2.75) is 6.92 Å². The minimum atomic E-state index is -1.25. The third kappa shape index (κ3) is 2.66. The zero-order valence-corrected chi connectivity index (χ0v) is 13.2. The lowest BCUT2D eigenvalue weighted by molar-refractivity contribution is 0.340. The summed E-state index contributed by atoms with van der Waals surface area (Å²) in [6, 6.07) is 11.1. The number of fused-ring (bicyclic) bond motifs is 1. The highest BCUT2D eigenvalue weighted by Crippen LogP contribution is 2.35. The molecule has 0 amide bonds. The van der Waals surface area contributed by atoms with E-state index in [1.54, 1.807) is 24.3 Å². The normalized spacial score (nSPS) is 10.9. The molecule has 2 nitrogen and oxygen atoms in total. The van der Waals surface area contributed by atoms with Crippen LogP contribution in [0.4, 0.5) is 13.2 Å². The second-order valence-electron chi connectivity index (χ2n) is 5.19. The fourth-order valence-electron chi connectivity index (χ4n) is 2.63. The van der Waals surface area contributed by atoms with Gasteiger partial charge in [0.25, 0.3) is 0 Å². The Bertz CT molecular complexity index is 889. The Labute approximate surface area is 137 Å². The topological polar surface area (TPSA) is 18.5 Å². The molecule has 0 aliphatic heterocycles. The van der Waals surface area contributed by atoms with Crippen molar-refractivity contribution in [3.05, 3.63) is 59.9 Å². The first-order valence-corrected chi connectivity index (χ1v) is 7.44. The molecule has 0 aromatic heterocycles. The van der Waals surface area contributed by atoms with Gasteiger partial charge in [-0.1, -0.05) is 24.3 Å². The second-order valence-corrected chi connectivity index (χ2v) is 5.19. The van der Waals surface area contributed by atoms with E-state index in [9.17, 15) is 13.2 Å². The van der Waals surface area contributed by atoms with E-state index in [0.717, 1.165) is 0 Å². The van der Waals surface area contributed by atoms with E-state index in [-0.39, 0.29) is 22.1 Å². The van der Waals surface area contributed by atoms with Crippen LogP contribution in [0.3, 0.4) is 0 Å². The van der Waals surface area contributed by atoms with Crippen molar-refractivity contribution in [2.75, 3.05) is 13.7 Å². The molecule has 0 aliphatic carbocycles. The lowest BCUT2D eigenvalue weighted by Gasteiger charge is -2.11. The fourth-order valence-corrected chi connectivity index (χ4v) is 2.63. The van der Waals surface area contributed by atoms with Crippen LogP contribution in [0, 0.1) is 17.5 Å². The second kappa shape index (κ2) is 6.43. The minimum Gasteiger partial charge on any atom is -0.494 e. The van der Waals surface area contributed by atoms with Crippen LogP contribution >= 0.6 is 0 Å². The van der Waals surface area contributed by atoms with E-state index in [0.29, 0.717) is 17.9 Å². The quantitative estimate of drug-likeness (QED) is 0.643. The average Bonchev–Trinajstić information content (AvgIpc) is 2.59. The Kier molecular flexibility index (Phi) is 4.34. The first-order valence-electron chi connectivity index (χ1n) is 7.44. The largest absolute Gasteiger partial charge is 0.494 e. The van der Waals surface area contributed by atoms with E-state index in [4.69, 9.17) is 9.47 Å². The molecule has 5 heteroatoms. The van der Waals surface area contributed by atoms with Crippen LogP contribution < -0.4 is 9.47 Å². The van der Waals surface area contributed by atoms with Crippen molar-refractivity contribution in [1.29, 1.82) is 0 Å². The summed E-state index contributed by atoms with van der Waals surface area (Å²) in [4.78, 5) is 0. The molecule has 3 aromatic rings. The van der Waals surface area contributed by atoms with Crippen LogP contribution in [0.2, 0.25) is 0 Å². The molecule has 0 radical (unpaired) electrons. The third-order valence-corrected chi connectivity index (χ3v) is 3.79. The highest BCUT2D eigenvalue weighted by atomic mass is 19.2. The molecule has 0 unspecified atom stereocenters. The van der Waals surface area contributed by atoms with Crippen molar-refractivity contribution >= 4 is 10.8 Å². The Hall–Kier alpha value is -2.69. The number of halogens is 3. The molecule has 0 N–H and O–H groups in total. The maximum Gasteiger partial charge on any atom is 0.201 e. The van der Waals surface area contributed by atoms with Crippen molar-refractivity contribution in [1.82, 2.24) is 0 Å². The van der Waals surface area contributed by atoms with Gasteiger partial charge in [0.1, 0.15) is 11.6 Å². The molecule has 0 saturated heterocycles. The molecule has 3 rings (SSSR count). The zero-order chi connectivity index (χ0) is 17.3. The summed E-state index contributed by atoms with van der Waals surface area (Å²) in [6.07, 6.45) is 0. The van der Waals surface area contributed by atoms with Crippen LogP contribution in [0.1, 0.15) is 6.92 Å². The van der Waals surface area contributed by atoms with Crippen LogP contribution in [0.5, 0.6) is 11.5 Å². The van der Waals surface area contributed by atoms with Gasteiger partial charge in [-0.05, 0) is 36.1 Å². The average molecular weight is 332 g/mol. The Morgan fingerprint density at radius 1 is 0.875 bits per heavy atom. The number of ether oxygens (including phenoxy) is 2. The molecule has 0 heterocycles. The van der Waals surface area contributed by atoms with Gasteiger partial charge in [0, 0.05) is 5.56 Å². The summed E-state index contributed by atoms with van der Waals surface area (Å²) in [5.41, 5.74) is 0.738. The summed E-state index contributed by atoms with van der Waals surface area (Å²) < 4.78 is 53.1. The van der Waals surface area contributed by atoms with Gasteiger partial charge in [-0.25, -0.2) is 8.78 Å². The highest BCUT2D eigenvalue weighted by molar-refractivity contribution is 5.90. The van der Waals surface area contributed by atoms with Crippen molar-refractivity contribution in [3.63, 3.8) is 0 Å². The number of benzene rings is 3. The van der Waals surface area contributed by atoms with Crippen molar-refractivity contribution in [3.8, 4) is 22.6 Å². The molecule has 0 spiro atoms. The summed E-state index contributed by atoms with van der Waals surface area (Å²) in [6.45, 7) is 2.39. The van der Waals surface area contributed by atoms with Crippen LogP contribution in [0.25, 0.3) is 21.9 Å². The molecule has 24 heavy (non-hydrogen) atoms. The first kappa shape index (κ1) is 16.2. The Balaban J connectivity index is 2.16. The number of rotatable bonds is 4. The van der Waals surface area contributed by atoms with Crippen LogP contribution in [-0.2, 0) is 0 Å². The number of methoxy groups -OCH3 is 1. The van der Waals surface area contributed by atoms with Gasteiger partial charge in [-0.15, -0.1) is 0 Å². The van der Waals surface area contributed by atoms with E-state index in [2.05, 4.69) is 0 Å². The highest BCUT2D eigenvalue weighted by Gasteiger charge is 2.19. The summed E-state index contributed by atoms with van der Waals surface area (Å²) >= 11 is 0. The number of hydrogen-bond donors (Lipinski definition) is 0. The monoisotopic (exact) mass is 332 g/mol. The standard InChI is InChI=1S/C19H15F3O2/c1-3-24-13-7-4-11(5-8-13)14-9-6-12-10-15(23-2)18(21)19(22)16(12)17(14)20/h4-10H,3H2,1-2H3. The van der Waals surface area contributed by atoms with Gasteiger partial charge in [0.15, 0.2) is 11.6 Å². The van der Waals surface area contributed by atoms with Gasteiger partial charge >= 0.3 is 0 Å². The van der Waals surface area contributed by atoms with Crippen LogP contribution in [-0.4, -0.2) is 13.7 Å². The molecule has 124 valence electrons. The van der Waals surface area contributed by atoms with Crippen LogP contribution in [0.15, 0.2) is 42.5 Å². The molecule has 0 bridgehead atoms. The predicted molar refractivity (Wildman–Crippen MR) is 87.0 cm³/mol. The van der Waals surface area contributed by atoms with E-state index in [1.807, 2.05) is 6.92 Å². The predicted octanol–water partition coefficient (Wildman–Crippen LogP) is 5.33. The SMILES string of the molecule is CCOc1ccc(-c2ccc3cc(OC)c(F)c(F)c3c2F)cc1. The van der Waals surface area contributed by atoms with E-state index in [1.165, 1.54) is 25.3 Å². The van der Waals surface area contributed by atoms with Gasteiger partial charge in [0.05, 0.1) is 19.1 Å². The lowest BCUT2D eigenvalue weighted by atomic mass is 9.99. The molecule has 0 aliphatic rings. The molecule has 0 atom stereocenters. The minimum absolute atomic E-state index is 0.189. The lowest BCUT2D eigenvalue weighted by Crippen LogP contribution is -1.97. The molecule has 0 fully saturated rings. The smallest absolute Gasteiger partial charge is 0.201 e. The van der Waals surface area contributed by atoms with Gasteiger partial charge in [-0.2, -0.15) is 4.39 Å². The van der Waals surface area contributed by atoms with Gasteiger partial charge in [0.2, 0.25) is 5.82 Å². The zero-order valence-electron chi connectivity index (χ0n) is 13.2. The Morgan fingerprint density at radius 2 is 1.58 bits per heavy atom. The fraction of sp³-hybridized carbons (Fsp3) is 0.158. The summed E-state index contributed by atoms with van der Waals surface area (Å²) in [5, 5.41) is -0.155. The number of hydrogen-bond acceptors (Lipinski definition) is 2. The third-order valence-electron chi connectivity index (χ3n) is 3.79. The van der Waals surface area contributed by atoms with E-state index < -0.39 is 17.5 Å².